The van der Waals surface area contributed by atoms with Gasteiger partial charge in [-0.3, -0.25) is 0 Å². The highest BCUT2D eigenvalue weighted by Crippen LogP contribution is 2.05. The van der Waals surface area contributed by atoms with Crippen LogP contribution in [0.15, 0.2) is 17.7 Å². The minimum Gasteiger partial charge on any atom is -0.361 e. The van der Waals surface area contributed by atoms with Crippen LogP contribution in [-0.4, -0.2) is 16.2 Å². The Morgan fingerprint density at radius 3 is 3.18 bits per heavy atom. The smallest absolute Gasteiger partial charge is 0.214 e. The third-order valence-corrected chi connectivity index (χ3v) is 1.16. The Bertz CT molecular complexity index is 233. The number of nitrogens with zero attached hydrogens (tertiary/aromatic N) is 3. The molecule has 0 atom stereocenters. The van der Waals surface area contributed by atoms with E-state index in [4.69, 9.17) is 4.74 Å². The van der Waals surface area contributed by atoms with E-state index in [2.05, 4.69) is 10.2 Å². The van der Waals surface area contributed by atoms with Crippen LogP contribution in [0.2, 0.25) is 0 Å². The molecule has 11 heavy (non-hydrogen) atoms. The Labute approximate surface area is 64.0 Å². The normalized spacial score (nSPS) is 9.91. The summed E-state index contributed by atoms with van der Waals surface area (Å²) in [6.07, 6.45) is 3.04. The highest BCUT2D eigenvalue weighted by atomic mass is 16.5. The Morgan fingerprint density at radius 2 is 2.64 bits per heavy atom. The molecule has 0 spiro atoms. The first-order chi connectivity index (χ1) is 5.36. The number of imidazole rings is 1. The third kappa shape index (κ3) is 2.12. The molecule has 0 N–H and O–H groups in total. The SMILES string of the molecule is CCOCn1cnc(N=O)c1. The van der Waals surface area contributed by atoms with Crippen molar-refractivity contribution in [3.8, 4) is 0 Å². The lowest BCUT2D eigenvalue weighted by molar-refractivity contribution is 0.0878. The zero-order valence-electron chi connectivity index (χ0n) is 6.23. The maximum Gasteiger partial charge on any atom is 0.214 e. The Balaban J connectivity index is 2.51. The van der Waals surface area contributed by atoms with Gasteiger partial charge in [0.1, 0.15) is 6.73 Å². The molecule has 0 saturated carbocycles. The van der Waals surface area contributed by atoms with Crippen LogP contribution in [0.5, 0.6) is 0 Å². The second-order valence-corrected chi connectivity index (χ2v) is 1.96. The predicted octanol–water partition coefficient (Wildman–Crippen LogP) is 1.27. The molecule has 1 aromatic heterocycles. The van der Waals surface area contributed by atoms with Gasteiger partial charge in [-0.2, -0.15) is 0 Å². The minimum absolute atomic E-state index is 0.185. The van der Waals surface area contributed by atoms with Gasteiger partial charge in [-0.1, -0.05) is 0 Å². The van der Waals surface area contributed by atoms with Gasteiger partial charge in [0, 0.05) is 6.61 Å². The van der Waals surface area contributed by atoms with E-state index in [0.717, 1.165) is 0 Å². The van der Waals surface area contributed by atoms with E-state index >= 15 is 0 Å². The molecule has 0 aliphatic heterocycles. The largest absolute Gasteiger partial charge is 0.361 e. The van der Waals surface area contributed by atoms with Crippen LogP contribution in [0.1, 0.15) is 6.92 Å². The summed E-state index contributed by atoms with van der Waals surface area (Å²) in [7, 11) is 0. The topological polar surface area (TPSA) is 56.5 Å². The lowest BCUT2D eigenvalue weighted by Crippen LogP contribution is -1.98. The van der Waals surface area contributed by atoms with Gasteiger partial charge in [-0.25, -0.2) is 4.98 Å². The van der Waals surface area contributed by atoms with Crippen LogP contribution in [0.25, 0.3) is 0 Å². The molecule has 0 fully saturated rings. The molecule has 60 valence electrons. The molecule has 5 nitrogen and oxygen atoms in total. The van der Waals surface area contributed by atoms with E-state index in [1.807, 2.05) is 6.92 Å². The molecule has 0 aliphatic carbocycles. The molecular weight excluding hydrogens is 146 g/mol. The summed E-state index contributed by atoms with van der Waals surface area (Å²) in [6, 6.07) is 0. The summed E-state index contributed by atoms with van der Waals surface area (Å²) in [4.78, 5) is 13.6. The zero-order valence-corrected chi connectivity index (χ0v) is 6.23. The van der Waals surface area contributed by atoms with Crippen LogP contribution in [-0.2, 0) is 11.5 Å². The summed E-state index contributed by atoms with van der Waals surface area (Å²) in [5.41, 5.74) is 0. The van der Waals surface area contributed by atoms with Gasteiger partial charge in [-0.15, -0.1) is 4.91 Å². The predicted molar refractivity (Wildman–Crippen MR) is 39.3 cm³/mol. The summed E-state index contributed by atoms with van der Waals surface area (Å²) < 4.78 is 6.71. The third-order valence-electron chi connectivity index (χ3n) is 1.16. The molecule has 0 aromatic carbocycles. The number of nitroso groups, excluding NO2 is 1. The first-order valence-corrected chi connectivity index (χ1v) is 3.29. The van der Waals surface area contributed by atoms with Crippen LogP contribution >= 0.6 is 0 Å². The fourth-order valence-electron chi connectivity index (χ4n) is 0.663. The van der Waals surface area contributed by atoms with E-state index in [-0.39, 0.29) is 5.82 Å². The van der Waals surface area contributed by atoms with Gasteiger partial charge in [0.2, 0.25) is 5.82 Å². The molecule has 0 unspecified atom stereocenters. The standard InChI is InChI=1S/C6H9N3O2/c1-2-11-5-9-3-6(8-10)7-4-9/h3-4H,2,5H2,1H3. The van der Waals surface area contributed by atoms with Crippen LogP contribution < -0.4 is 0 Å². The molecule has 0 bridgehead atoms. The van der Waals surface area contributed by atoms with Crippen molar-refractivity contribution in [3.63, 3.8) is 0 Å². The molecule has 5 heteroatoms. The molecule has 1 heterocycles. The van der Waals surface area contributed by atoms with Crippen molar-refractivity contribution < 1.29 is 4.74 Å². The zero-order chi connectivity index (χ0) is 8.10. The average Bonchev–Trinajstić information content (AvgIpc) is 2.48. The lowest BCUT2D eigenvalue weighted by atomic mass is 10.8. The van der Waals surface area contributed by atoms with E-state index < -0.39 is 0 Å². The summed E-state index contributed by atoms with van der Waals surface area (Å²) >= 11 is 0. The number of hydrogen-bond donors (Lipinski definition) is 0. The van der Waals surface area contributed by atoms with E-state index in [1.54, 1.807) is 4.57 Å². The summed E-state index contributed by atoms with van der Waals surface area (Å²) in [5.74, 6) is 0.185. The fraction of sp³-hybridized carbons (Fsp3) is 0.500. The van der Waals surface area contributed by atoms with Crippen molar-refractivity contribution in [1.82, 2.24) is 9.55 Å². The molecule has 0 aliphatic rings. The molecule has 1 rings (SSSR count). The van der Waals surface area contributed by atoms with Gasteiger partial charge in [0.05, 0.1) is 12.5 Å². The maximum atomic E-state index is 9.93. The Kier molecular flexibility index (Phi) is 2.74. The molecule has 1 aromatic rings. The second-order valence-electron chi connectivity index (χ2n) is 1.96. The highest BCUT2D eigenvalue weighted by molar-refractivity contribution is 5.20. The highest BCUT2D eigenvalue weighted by Gasteiger charge is 1.95. The van der Waals surface area contributed by atoms with Crippen molar-refractivity contribution in [1.29, 1.82) is 0 Å². The lowest BCUT2D eigenvalue weighted by Gasteiger charge is -1.98. The van der Waals surface area contributed by atoms with Crippen molar-refractivity contribution >= 4 is 5.82 Å². The van der Waals surface area contributed by atoms with Gasteiger partial charge < -0.3 is 9.30 Å². The van der Waals surface area contributed by atoms with Crippen molar-refractivity contribution in [2.24, 2.45) is 5.18 Å². The van der Waals surface area contributed by atoms with E-state index in [1.165, 1.54) is 12.5 Å². The van der Waals surface area contributed by atoms with Crippen molar-refractivity contribution in [3.05, 3.63) is 17.4 Å². The van der Waals surface area contributed by atoms with Crippen LogP contribution in [0.3, 0.4) is 0 Å². The van der Waals surface area contributed by atoms with Gasteiger partial charge in [0.15, 0.2) is 0 Å². The fourth-order valence-corrected chi connectivity index (χ4v) is 0.663. The van der Waals surface area contributed by atoms with Gasteiger partial charge in [-0.05, 0) is 12.1 Å². The van der Waals surface area contributed by atoms with Crippen LogP contribution in [0.4, 0.5) is 5.82 Å². The van der Waals surface area contributed by atoms with Crippen molar-refractivity contribution in [2.75, 3.05) is 6.61 Å². The second kappa shape index (κ2) is 3.82. The maximum absolute atomic E-state index is 9.93. The molecular formula is C6H9N3O2. The number of ether oxygens (including phenoxy) is 1. The number of hydrogen-bond acceptors (Lipinski definition) is 4. The first kappa shape index (κ1) is 7.87. The minimum atomic E-state index is 0.185. The summed E-state index contributed by atoms with van der Waals surface area (Å²) in [6.45, 7) is 2.96. The molecule has 0 amide bonds. The first-order valence-electron chi connectivity index (χ1n) is 3.29. The number of aromatic nitrogens is 2. The Morgan fingerprint density at radius 1 is 1.82 bits per heavy atom. The average molecular weight is 155 g/mol. The van der Waals surface area contributed by atoms with Crippen molar-refractivity contribution in [2.45, 2.75) is 13.7 Å². The van der Waals surface area contributed by atoms with Gasteiger partial charge >= 0.3 is 0 Å². The Hall–Kier alpha value is -1.23. The quantitative estimate of drug-likeness (QED) is 0.615. The molecule has 0 radical (unpaired) electrons. The number of rotatable bonds is 4. The van der Waals surface area contributed by atoms with E-state index in [9.17, 15) is 4.91 Å². The monoisotopic (exact) mass is 155 g/mol. The van der Waals surface area contributed by atoms with Gasteiger partial charge in [0.25, 0.3) is 0 Å². The molecule has 0 saturated heterocycles. The van der Waals surface area contributed by atoms with Crippen LogP contribution in [0, 0.1) is 4.91 Å². The van der Waals surface area contributed by atoms with E-state index in [0.29, 0.717) is 13.3 Å². The summed E-state index contributed by atoms with van der Waals surface area (Å²) in [5, 5.41) is 2.66.